The van der Waals surface area contributed by atoms with Gasteiger partial charge < -0.3 is 19.3 Å². The van der Waals surface area contributed by atoms with Crippen molar-refractivity contribution >= 4 is 17.4 Å². The van der Waals surface area contributed by atoms with Crippen LogP contribution in [-0.4, -0.2) is 44.9 Å². The normalized spacial score (nSPS) is 17.7. The van der Waals surface area contributed by atoms with Crippen LogP contribution in [0, 0.1) is 5.82 Å². The molecule has 1 aliphatic heterocycles. The molecule has 1 aliphatic rings. The lowest BCUT2D eigenvalue weighted by atomic mass is 9.95. The molecule has 1 saturated heterocycles. The molecule has 32 heavy (non-hydrogen) atoms. The summed E-state index contributed by atoms with van der Waals surface area (Å²) in [5.41, 5.74) is 0.909. The number of nitrogens with zero attached hydrogens (tertiary/aromatic N) is 3. The van der Waals surface area contributed by atoms with Gasteiger partial charge >= 0.3 is 0 Å². The van der Waals surface area contributed by atoms with Crippen LogP contribution in [0.3, 0.4) is 0 Å². The third-order valence-electron chi connectivity index (χ3n) is 5.46. The summed E-state index contributed by atoms with van der Waals surface area (Å²) in [5.74, 6) is -1.62. The molecule has 3 aromatic rings. The number of benzene rings is 2. The Morgan fingerprint density at radius 1 is 1.09 bits per heavy atom. The molecule has 1 atom stereocenters. The molecule has 4 rings (SSSR count). The highest BCUT2D eigenvalue weighted by Crippen LogP contribution is 2.39. The van der Waals surface area contributed by atoms with Crippen LogP contribution >= 0.6 is 0 Å². The first-order valence-corrected chi connectivity index (χ1v) is 10.1. The number of ketones is 1. The van der Waals surface area contributed by atoms with E-state index < -0.39 is 23.5 Å². The van der Waals surface area contributed by atoms with Crippen molar-refractivity contribution in [2.24, 2.45) is 0 Å². The van der Waals surface area contributed by atoms with Gasteiger partial charge in [-0.25, -0.2) is 9.37 Å². The van der Waals surface area contributed by atoms with Crippen molar-refractivity contribution in [3.05, 3.63) is 89.8 Å². The number of methoxy groups -OCH3 is 1. The quantitative estimate of drug-likeness (QED) is 0.349. The van der Waals surface area contributed by atoms with E-state index in [1.54, 1.807) is 43.9 Å². The fourth-order valence-corrected chi connectivity index (χ4v) is 3.85. The van der Waals surface area contributed by atoms with Crippen molar-refractivity contribution in [3.8, 4) is 5.75 Å². The predicted molar refractivity (Wildman–Crippen MR) is 115 cm³/mol. The summed E-state index contributed by atoms with van der Waals surface area (Å²) in [6.07, 6.45) is 5.77. The van der Waals surface area contributed by atoms with E-state index in [2.05, 4.69) is 4.98 Å². The molecule has 0 bridgehead atoms. The van der Waals surface area contributed by atoms with E-state index in [0.29, 0.717) is 30.8 Å². The average Bonchev–Trinajstić information content (AvgIpc) is 3.41. The van der Waals surface area contributed by atoms with Gasteiger partial charge in [-0.2, -0.15) is 0 Å². The lowest BCUT2D eigenvalue weighted by Gasteiger charge is -2.25. The Morgan fingerprint density at radius 2 is 1.81 bits per heavy atom. The maximum absolute atomic E-state index is 13.4. The molecule has 0 radical (unpaired) electrons. The van der Waals surface area contributed by atoms with Crippen LogP contribution in [0.4, 0.5) is 4.39 Å². The molecule has 7 nitrogen and oxygen atoms in total. The molecule has 0 spiro atoms. The minimum absolute atomic E-state index is 0.0191. The standard InChI is InChI=1S/C24H22FN3O4/c1-32-19-9-5-16(6-10-19)21-20(22(29)17-3-7-18(25)8-4-17)23(30)24(31)28(21)13-2-12-27-14-11-26-15-27/h3-11,14-15,21,29H,2,12-13H2,1H3/t21-/m1/s1. The van der Waals surface area contributed by atoms with E-state index in [-0.39, 0.29) is 16.9 Å². The van der Waals surface area contributed by atoms with Gasteiger partial charge in [0.2, 0.25) is 0 Å². The Labute approximate surface area is 184 Å². The van der Waals surface area contributed by atoms with E-state index in [9.17, 15) is 19.1 Å². The van der Waals surface area contributed by atoms with E-state index >= 15 is 0 Å². The monoisotopic (exact) mass is 435 g/mol. The summed E-state index contributed by atoms with van der Waals surface area (Å²) in [6, 6.07) is 11.4. The van der Waals surface area contributed by atoms with Crippen LogP contribution < -0.4 is 4.74 Å². The highest BCUT2D eigenvalue weighted by molar-refractivity contribution is 6.46. The molecule has 1 amide bonds. The van der Waals surface area contributed by atoms with Crippen LogP contribution in [0.15, 0.2) is 72.8 Å². The molecule has 1 aromatic heterocycles. The molecule has 2 aromatic carbocycles. The number of amides is 1. The third-order valence-corrected chi connectivity index (χ3v) is 5.46. The van der Waals surface area contributed by atoms with Crippen LogP contribution in [0.2, 0.25) is 0 Å². The summed E-state index contributed by atoms with van der Waals surface area (Å²) in [5, 5.41) is 10.9. The maximum atomic E-state index is 13.4. The van der Waals surface area contributed by atoms with Crippen molar-refractivity contribution in [2.75, 3.05) is 13.7 Å². The minimum Gasteiger partial charge on any atom is -0.507 e. The molecule has 164 valence electrons. The number of likely N-dealkylation sites (tertiary alicyclic amines) is 1. The lowest BCUT2D eigenvalue weighted by molar-refractivity contribution is -0.139. The van der Waals surface area contributed by atoms with Gasteiger partial charge in [0.25, 0.3) is 11.7 Å². The summed E-state index contributed by atoms with van der Waals surface area (Å²) < 4.78 is 20.4. The summed E-state index contributed by atoms with van der Waals surface area (Å²) in [4.78, 5) is 31.4. The number of Topliss-reactive ketones (excluding diaryl/α,β-unsaturated/α-hetero) is 1. The zero-order valence-electron chi connectivity index (χ0n) is 17.4. The van der Waals surface area contributed by atoms with Crippen molar-refractivity contribution in [1.82, 2.24) is 14.5 Å². The molecule has 2 heterocycles. The number of hydrogen-bond acceptors (Lipinski definition) is 5. The lowest BCUT2D eigenvalue weighted by Crippen LogP contribution is -2.31. The fourth-order valence-electron chi connectivity index (χ4n) is 3.85. The zero-order chi connectivity index (χ0) is 22.7. The second-order valence-electron chi connectivity index (χ2n) is 7.43. The van der Waals surface area contributed by atoms with E-state index in [4.69, 9.17) is 4.74 Å². The first kappa shape index (κ1) is 21.3. The second kappa shape index (κ2) is 9.05. The first-order chi connectivity index (χ1) is 15.5. The van der Waals surface area contributed by atoms with Gasteiger partial charge in [0, 0.05) is 31.0 Å². The van der Waals surface area contributed by atoms with Crippen LogP contribution in [-0.2, 0) is 16.1 Å². The zero-order valence-corrected chi connectivity index (χ0v) is 17.4. The van der Waals surface area contributed by atoms with Crippen molar-refractivity contribution in [2.45, 2.75) is 19.0 Å². The molecule has 0 unspecified atom stereocenters. The molecule has 0 saturated carbocycles. The fraction of sp³-hybridized carbons (Fsp3) is 0.208. The molecular weight excluding hydrogens is 413 g/mol. The SMILES string of the molecule is COc1ccc([C@@H]2C(=C(O)c3ccc(F)cc3)C(=O)C(=O)N2CCCn2ccnc2)cc1. The van der Waals surface area contributed by atoms with Crippen molar-refractivity contribution in [1.29, 1.82) is 0 Å². The molecule has 8 heteroatoms. The van der Waals surface area contributed by atoms with Gasteiger partial charge in [0.1, 0.15) is 17.3 Å². The molecular formula is C24H22FN3O4. The predicted octanol–water partition coefficient (Wildman–Crippen LogP) is 3.54. The largest absolute Gasteiger partial charge is 0.507 e. The van der Waals surface area contributed by atoms with Gasteiger partial charge in [-0.1, -0.05) is 12.1 Å². The van der Waals surface area contributed by atoms with E-state index in [0.717, 1.165) is 0 Å². The van der Waals surface area contributed by atoms with Gasteiger partial charge in [0.05, 0.1) is 25.1 Å². The number of ether oxygens (including phenoxy) is 1. The minimum atomic E-state index is -0.770. The number of aliphatic hydroxyl groups excluding tert-OH is 1. The highest BCUT2D eigenvalue weighted by Gasteiger charge is 2.45. The van der Waals surface area contributed by atoms with Crippen LogP contribution in [0.25, 0.3) is 5.76 Å². The van der Waals surface area contributed by atoms with Gasteiger partial charge in [-0.15, -0.1) is 0 Å². The van der Waals surface area contributed by atoms with Gasteiger partial charge in [0.15, 0.2) is 0 Å². The number of halogens is 1. The summed E-state index contributed by atoms with van der Waals surface area (Å²) in [7, 11) is 1.55. The van der Waals surface area contributed by atoms with Crippen LogP contribution in [0.5, 0.6) is 5.75 Å². The Bertz CT molecular complexity index is 1140. The van der Waals surface area contributed by atoms with Gasteiger partial charge in [-0.3, -0.25) is 9.59 Å². The molecule has 1 fully saturated rings. The van der Waals surface area contributed by atoms with E-state index in [1.807, 2.05) is 10.8 Å². The molecule has 0 aliphatic carbocycles. The van der Waals surface area contributed by atoms with Crippen LogP contribution in [0.1, 0.15) is 23.6 Å². The van der Waals surface area contributed by atoms with Crippen molar-refractivity contribution < 1.29 is 23.8 Å². The number of imidazole rings is 1. The first-order valence-electron chi connectivity index (χ1n) is 10.1. The Hall–Kier alpha value is -3.94. The number of carbonyl (C=O) groups is 2. The summed E-state index contributed by atoms with van der Waals surface area (Å²) >= 11 is 0. The Morgan fingerprint density at radius 3 is 2.44 bits per heavy atom. The number of hydrogen-bond donors (Lipinski definition) is 1. The number of aryl methyl sites for hydroxylation is 1. The number of aromatic nitrogens is 2. The number of aliphatic hydroxyl groups is 1. The number of rotatable bonds is 7. The maximum Gasteiger partial charge on any atom is 0.295 e. The topological polar surface area (TPSA) is 84.7 Å². The smallest absolute Gasteiger partial charge is 0.295 e. The molecule has 1 N–H and O–H groups in total. The van der Waals surface area contributed by atoms with Crippen molar-refractivity contribution in [3.63, 3.8) is 0 Å². The average molecular weight is 435 g/mol. The van der Waals surface area contributed by atoms with E-state index in [1.165, 1.54) is 29.2 Å². The third kappa shape index (κ3) is 4.12. The summed E-state index contributed by atoms with van der Waals surface area (Å²) in [6.45, 7) is 0.927. The second-order valence-corrected chi connectivity index (χ2v) is 7.43. The highest BCUT2D eigenvalue weighted by atomic mass is 19.1. The Balaban J connectivity index is 1.72. The van der Waals surface area contributed by atoms with Gasteiger partial charge in [-0.05, 0) is 48.4 Å². The number of carbonyl (C=O) groups excluding carboxylic acids is 2. The Kier molecular flexibility index (Phi) is 6.02.